The molecule has 0 aromatic rings. The molecule has 0 spiro atoms. The molecule has 0 aromatic carbocycles. The van der Waals surface area contributed by atoms with Gasteiger partial charge in [0.25, 0.3) is 0 Å². The Hall–Kier alpha value is 1.22. The van der Waals surface area contributed by atoms with E-state index in [9.17, 15) is 0 Å². The van der Waals surface area contributed by atoms with Gasteiger partial charge in [0, 0.05) is 0 Å². The first-order valence-electron chi connectivity index (χ1n) is 12.2. The topological polar surface area (TPSA) is 0 Å². The number of hydrogen-bond acceptors (Lipinski definition) is 0. The summed E-state index contributed by atoms with van der Waals surface area (Å²) in [7, 11) is 0. The second-order valence-corrected chi connectivity index (χ2v) is 25.1. The molecule has 0 aliphatic carbocycles. The van der Waals surface area contributed by atoms with Crippen molar-refractivity contribution in [1.82, 2.24) is 0 Å². The zero-order valence-electron chi connectivity index (χ0n) is 18.8. The van der Waals surface area contributed by atoms with E-state index in [4.69, 9.17) is 0 Å². The molecule has 0 nitrogen and oxygen atoms in total. The first kappa shape index (κ1) is 27.2. The molecule has 1 unspecified atom stereocenters. The van der Waals surface area contributed by atoms with Gasteiger partial charge in [0.2, 0.25) is 0 Å². The fourth-order valence-corrected chi connectivity index (χ4v) is 15.6. The van der Waals surface area contributed by atoms with Crippen LogP contribution in [0, 0.1) is 0 Å². The average Bonchev–Trinajstić information content (AvgIpc) is 2.64. The summed E-state index contributed by atoms with van der Waals surface area (Å²) in [6.07, 6.45) is 26.5. The van der Waals surface area contributed by atoms with Crippen molar-refractivity contribution in [3.8, 4) is 0 Å². The fraction of sp³-hybridized carbons (Fsp3) is 1.00. The molecule has 0 saturated carbocycles. The monoisotopic (exact) mass is 502 g/mol. The summed E-state index contributed by atoms with van der Waals surface area (Å²) in [5.74, 6) is 0. The van der Waals surface area contributed by atoms with Crippen LogP contribution in [0.15, 0.2) is 0 Å². The third kappa shape index (κ3) is 18.6. The predicted octanol–water partition coefficient (Wildman–Crippen LogP) is 9.89. The van der Waals surface area contributed by atoms with Gasteiger partial charge in [-0.2, -0.15) is 0 Å². The summed E-state index contributed by atoms with van der Waals surface area (Å²) in [5, 5.41) is 0. The second-order valence-electron chi connectivity index (χ2n) is 8.53. The van der Waals surface area contributed by atoms with Crippen LogP contribution in [-0.4, -0.2) is 17.6 Å². The van der Waals surface area contributed by atoms with Gasteiger partial charge < -0.3 is 0 Å². The van der Waals surface area contributed by atoms with Crippen molar-refractivity contribution < 1.29 is 0 Å². The molecule has 0 radical (unpaired) electrons. The Morgan fingerprint density at radius 3 is 0.885 bits per heavy atom. The maximum absolute atomic E-state index is 3.53. The van der Waals surface area contributed by atoms with Gasteiger partial charge in [-0.05, 0) is 0 Å². The van der Waals surface area contributed by atoms with E-state index in [-0.39, 0.29) is 0 Å². The van der Waals surface area contributed by atoms with Crippen LogP contribution in [0.2, 0.25) is 13.4 Å². The molecule has 1 atom stereocenters. The molecule has 0 fully saturated rings. The van der Waals surface area contributed by atoms with E-state index in [1.54, 1.807) is 32.7 Å². The van der Waals surface area contributed by atoms with E-state index in [0.29, 0.717) is 0 Å². The van der Waals surface area contributed by atoms with Gasteiger partial charge in [0.15, 0.2) is 0 Å². The SMILES string of the molecule is CCCCCCCC[Te](P)(CCCCCCCC)CCCCCCCC. The first-order chi connectivity index (χ1) is 12.7. The summed E-state index contributed by atoms with van der Waals surface area (Å²) in [5.41, 5.74) is 0. The predicted molar refractivity (Wildman–Crippen MR) is 130 cm³/mol. The fourth-order valence-electron chi connectivity index (χ4n) is 3.82. The van der Waals surface area contributed by atoms with Crippen molar-refractivity contribution in [2.24, 2.45) is 0 Å². The van der Waals surface area contributed by atoms with Crippen molar-refractivity contribution in [2.45, 2.75) is 150 Å². The van der Waals surface area contributed by atoms with Crippen molar-refractivity contribution in [3.05, 3.63) is 0 Å². The number of unbranched alkanes of at least 4 members (excludes halogenated alkanes) is 15. The zero-order chi connectivity index (χ0) is 19.3. The van der Waals surface area contributed by atoms with E-state index in [0.717, 1.165) is 0 Å². The molecule has 0 saturated heterocycles. The van der Waals surface area contributed by atoms with E-state index < -0.39 is 17.6 Å². The van der Waals surface area contributed by atoms with Crippen LogP contribution >= 0.6 is 6.93 Å². The molecule has 0 aliphatic rings. The average molecular weight is 500 g/mol. The Morgan fingerprint density at radius 1 is 0.385 bits per heavy atom. The minimum atomic E-state index is -1.62. The van der Waals surface area contributed by atoms with Crippen LogP contribution < -0.4 is 0 Å². The molecule has 0 aliphatic heterocycles. The van der Waals surface area contributed by atoms with Crippen LogP contribution in [0.25, 0.3) is 0 Å². The number of rotatable bonds is 21. The maximum atomic E-state index is 3.53. The van der Waals surface area contributed by atoms with E-state index in [1.807, 2.05) is 0 Å². The Labute approximate surface area is 173 Å². The van der Waals surface area contributed by atoms with E-state index in [1.165, 1.54) is 96.3 Å². The quantitative estimate of drug-likeness (QED) is 0.0836. The van der Waals surface area contributed by atoms with Crippen LogP contribution in [0.4, 0.5) is 0 Å². The summed E-state index contributed by atoms with van der Waals surface area (Å²) in [6.45, 7) is 10.5. The van der Waals surface area contributed by atoms with Gasteiger partial charge in [-0.1, -0.05) is 0 Å². The molecule has 0 N–H and O–H groups in total. The van der Waals surface area contributed by atoms with Crippen molar-refractivity contribution >= 4 is 24.6 Å². The molecule has 0 heterocycles. The molecule has 0 rings (SSSR count). The third-order valence-electron chi connectivity index (χ3n) is 5.71. The molecule has 2 heteroatoms. The zero-order valence-corrected chi connectivity index (χ0v) is 22.3. The molecular weight excluding hydrogens is 447 g/mol. The van der Waals surface area contributed by atoms with Gasteiger partial charge in [0.05, 0.1) is 0 Å². The standard InChI is InChI=1S/C24H53PTe/c1-4-7-10-13-16-19-22-26(25,23-20-17-14-11-8-5-2)24-21-18-15-12-9-6-3/h4-25H2,1-3H3. The Kier molecular flexibility index (Phi) is 21.9. The molecule has 0 amide bonds. The molecule has 0 bridgehead atoms. The van der Waals surface area contributed by atoms with Gasteiger partial charge in [-0.25, -0.2) is 0 Å². The van der Waals surface area contributed by atoms with Crippen LogP contribution in [-0.2, 0) is 0 Å². The Balaban J connectivity index is 4.02. The molecular formula is C24H53PTe. The normalized spacial score (nSPS) is 12.6. The Morgan fingerprint density at radius 2 is 0.615 bits per heavy atom. The van der Waals surface area contributed by atoms with E-state index >= 15 is 0 Å². The molecule has 0 aromatic heterocycles. The molecule has 160 valence electrons. The number of hydrogen-bond donors (Lipinski definition) is 0. The Bertz CT molecular complexity index is 226. The summed E-state index contributed by atoms with van der Waals surface area (Å²) >= 11 is -1.62. The first-order valence-corrected chi connectivity index (χ1v) is 21.7. The van der Waals surface area contributed by atoms with Gasteiger partial charge >= 0.3 is 174 Å². The van der Waals surface area contributed by atoms with Crippen molar-refractivity contribution in [1.29, 1.82) is 0 Å². The van der Waals surface area contributed by atoms with Gasteiger partial charge in [0.1, 0.15) is 0 Å². The van der Waals surface area contributed by atoms with Crippen molar-refractivity contribution in [3.63, 3.8) is 0 Å². The van der Waals surface area contributed by atoms with Crippen molar-refractivity contribution in [2.75, 3.05) is 0 Å². The second kappa shape index (κ2) is 20.9. The molecule has 26 heavy (non-hydrogen) atoms. The summed E-state index contributed by atoms with van der Waals surface area (Å²) in [6, 6.07) is 0. The minimum absolute atomic E-state index is 1.38. The van der Waals surface area contributed by atoms with E-state index in [2.05, 4.69) is 27.7 Å². The van der Waals surface area contributed by atoms with Crippen LogP contribution in [0.1, 0.15) is 136 Å². The van der Waals surface area contributed by atoms with Crippen LogP contribution in [0.5, 0.6) is 0 Å². The van der Waals surface area contributed by atoms with Gasteiger partial charge in [-0.15, -0.1) is 0 Å². The third-order valence-corrected chi connectivity index (χ3v) is 19.9. The van der Waals surface area contributed by atoms with Crippen LogP contribution in [0.3, 0.4) is 0 Å². The summed E-state index contributed by atoms with van der Waals surface area (Å²) in [4.78, 5) is 0. The van der Waals surface area contributed by atoms with Gasteiger partial charge in [-0.3, -0.25) is 0 Å². The summed E-state index contributed by atoms with van der Waals surface area (Å²) < 4.78 is 4.93.